The van der Waals surface area contributed by atoms with Gasteiger partial charge in [0.15, 0.2) is 6.10 Å². The van der Waals surface area contributed by atoms with Crippen LogP contribution in [-0.4, -0.2) is 66.3 Å². The Kier molecular flexibility index (Phi) is 5.39. The maximum absolute atomic E-state index is 12.0. The third kappa shape index (κ3) is 4.22. The largest absolute Gasteiger partial charge is 0.481 e. The summed E-state index contributed by atoms with van der Waals surface area (Å²) in [5, 5.41) is 17.3. The lowest BCUT2D eigenvalue weighted by Crippen LogP contribution is -2.49. The van der Waals surface area contributed by atoms with Gasteiger partial charge in [-0.05, 0) is 6.42 Å². The van der Waals surface area contributed by atoms with Crippen LogP contribution in [-0.2, 0) is 9.53 Å². The summed E-state index contributed by atoms with van der Waals surface area (Å²) in [6, 6.07) is 1.78. The number of urea groups is 1. The van der Waals surface area contributed by atoms with Gasteiger partial charge in [0.05, 0.1) is 19.2 Å². The van der Waals surface area contributed by atoms with E-state index in [0.29, 0.717) is 26.1 Å². The fraction of sp³-hybridized carbons (Fsp3) is 0.727. The summed E-state index contributed by atoms with van der Waals surface area (Å²) in [4.78, 5) is 25.4. The number of nitrogens with zero attached hydrogens (tertiary/aromatic N) is 3. The van der Waals surface area contributed by atoms with Gasteiger partial charge in [0.2, 0.25) is 0 Å². The number of aliphatic carboxylic acids is 1. The molecule has 0 bridgehead atoms. The first-order valence-electron chi connectivity index (χ1n) is 5.77. The van der Waals surface area contributed by atoms with E-state index in [2.05, 4.69) is 0 Å². The number of carboxylic acid groups (broad SMARTS) is 1. The topological polar surface area (TPSA) is 93.9 Å². The lowest BCUT2D eigenvalue weighted by Gasteiger charge is -2.33. The molecule has 1 fully saturated rings. The van der Waals surface area contributed by atoms with Crippen molar-refractivity contribution in [1.29, 1.82) is 5.26 Å². The molecule has 0 saturated carbocycles. The van der Waals surface area contributed by atoms with Crippen LogP contribution in [0.5, 0.6) is 0 Å². The number of carbonyl (C=O) groups excluding carboxylic acids is 1. The number of morpholine rings is 1. The van der Waals surface area contributed by atoms with Crippen LogP contribution in [0.15, 0.2) is 0 Å². The van der Waals surface area contributed by atoms with E-state index < -0.39 is 12.1 Å². The second-order valence-electron chi connectivity index (χ2n) is 4.14. The predicted octanol–water partition coefficient (Wildman–Crippen LogP) is 0.127. The van der Waals surface area contributed by atoms with Gasteiger partial charge in [0, 0.05) is 26.6 Å². The summed E-state index contributed by atoms with van der Waals surface area (Å²) in [5.41, 5.74) is 0. The van der Waals surface area contributed by atoms with Gasteiger partial charge in [-0.15, -0.1) is 0 Å². The highest BCUT2D eigenvalue weighted by Crippen LogP contribution is 2.07. The average molecular weight is 255 g/mol. The van der Waals surface area contributed by atoms with Crippen molar-refractivity contribution in [3.8, 4) is 6.07 Å². The predicted molar refractivity (Wildman–Crippen MR) is 61.8 cm³/mol. The molecule has 7 heteroatoms. The lowest BCUT2D eigenvalue weighted by molar-refractivity contribution is -0.137. The van der Waals surface area contributed by atoms with Crippen LogP contribution in [0.3, 0.4) is 0 Å². The molecule has 0 spiro atoms. The van der Waals surface area contributed by atoms with Gasteiger partial charge in [0.1, 0.15) is 0 Å². The zero-order valence-corrected chi connectivity index (χ0v) is 10.3. The third-order valence-electron chi connectivity index (χ3n) is 2.69. The van der Waals surface area contributed by atoms with Crippen molar-refractivity contribution in [2.75, 3.05) is 33.3 Å². The highest BCUT2D eigenvalue weighted by atomic mass is 16.5. The molecule has 0 aromatic heterocycles. The smallest absolute Gasteiger partial charge is 0.319 e. The van der Waals surface area contributed by atoms with E-state index in [0.717, 1.165) is 0 Å². The molecule has 0 aromatic rings. The third-order valence-corrected chi connectivity index (χ3v) is 2.69. The molecule has 1 atom stereocenters. The minimum atomic E-state index is -0.869. The first kappa shape index (κ1) is 14.3. The second-order valence-corrected chi connectivity index (χ2v) is 4.14. The van der Waals surface area contributed by atoms with E-state index in [1.807, 2.05) is 6.07 Å². The quantitative estimate of drug-likeness (QED) is 0.770. The van der Waals surface area contributed by atoms with Gasteiger partial charge in [-0.1, -0.05) is 0 Å². The number of ether oxygens (including phenoxy) is 1. The van der Waals surface area contributed by atoms with Gasteiger partial charge >= 0.3 is 12.0 Å². The van der Waals surface area contributed by atoms with Gasteiger partial charge in [0.25, 0.3) is 0 Å². The van der Waals surface area contributed by atoms with Crippen molar-refractivity contribution in [2.45, 2.75) is 18.9 Å². The summed E-state index contributed by atoms with van der Waals surface area (Å²) in [7, 11) is 1.63. The number of nitriles is 1. The molecule has 0 aliphatic carbocycles. The molecule has 18 heavy (non-hydrogen) atoms. The zero-order valence-electron chi connectivity index (χ0n) is 10.3. The molecule has 1 rings (SSSR count). The van der Waals surface area contributed by atoms with E-state index in [4.69, 9.17) is 15.1 Å². The Bertz CT molecular complexity index is 353. The molecule has 0 radical (unpaired) electrons. The highest BCUT2D eigenvalue weighted by Gasteiger charge is 2.25. The van der Waals surface area contributed by atoms with Crippen LogP contribution in [0.4, 0.5) is 4.79 Å². The molecule has 2 amide bonds. The minimum Gasteiger partial charge on any atom is -0.481 e. The maximum atomic E-state index is 12.0. The van der Waals surface area contributed by atoms with Gasteiger partial charge in [-0.2, -0.15) is 5.26 Å². The number of rotatable bonds is 4. The molecular formula is C11H17N3O4. The number of carbonyl (C=O) groups is 2. The Morgan fingerprint density at radius 1 is 1.61 bits per heavy atom. The summed E-state index contributed by atoms with van der Waals surface area (Å²) in [6.45, 7) is 1.46. The van der Waals surface area contributed by atoms with Crippen molar-refractivity contribution in [1.82, 2.24) is 9.80 Å². The van der Waals surface area contributed by atoms with Crippen molar-refractivity contribution in [3.63, 3.8) is 0 Å². The SMILES string of the molecule is CN(CCCC(=O)O)C(=O)N1CCOC(C#N)C1. The lowest BCUT2D eigenvalue weighted by atomic mass is 10.3. The van der Waals surface area contributed by atoms with E-state index in [-0.39, 0.29) is 19.0 Å². The standard InChI is InChI=1S/C11H17N3O4/c1-13(4-2-3-10(15)16)11(17)14-5-6-18-9(7-12)8-14/h9H,2-6,8H2,1H3,(H,15,16). The monoisotopic (exact) mass is 255 g/mol. The molecular weight excluding hydrogens is 238 g/mol. The van der Waals surface area contributed by atoms with Crippen molar-refractivity contribution in [3.05, 3.63) is 0 Å². The molecule has 1 aliphatic heterocycles. The minimum absolute atomic E-state index is 0.0432. The fourth-order valence-corrected chi connectivity index (χ4v) is 1.71. The molecule has 1 heterocycles. The van der Waals surface area contributed by atoms with Crippen LogP contribution in [0.25, 0.3) is 0 Å². The molecule has 100 valence electrons. The van der Waals surface area contributed by atoms with Crippen LogP contribution >= 0.6 is 0 Å². The highest BCUT2D eigenvalue weighted by molar-refractivity contribution is 5.74. The Hall–Kier alpha value is -1.81. The molecule has 0 aromatic carbocycles. The average Bonchev–Trinajstić information content (AvgIpc) is 2.37. The van der Waals surface area contributed by atoms with E-state index in [1.54, 1.807) is 11.9 Å². The Morgan fingerprint density at radius 3 is 2.94 bits per heavy atom. The van der Waals surface area contributed by atoms with Crippen LogP contribution in [0, 0.1) is 11.3 Å². The molecule has 7 nitrogen and oxygen atoms in total. The van der Waals surface area contributed by atoms with Crippen molar-refractivity contribution >= 4 is 12.0 Å². The second kappa shape index (κ2) is 6.81. The number of carboxylic acids is 1. The van der Waals surface area contributed by atoms with Crippen LogP contribution < -0.4 is 0 Å². The Morgan fingerprint density at radius 2 is 2.33 bits per heavy atom. The zero-order chi connectivity index (χ0) is 13.5. The number of hydrogen-bond acceptors (Lipinski definition) is 4. The van der Waals surface area contributed by atoms with Crippen LogP contribution in [0.2, 0.25) is 0 Å². The fourth-order valence-electron chi connectivity index (χ4n) is 1.71. The first-order valence-corrected chi connectivity index (χ1v) is 5.77. The number of amides is 2. The summed E-state index contributed by atoms with van der Waals surface area (Å²) in [5.74, 6) is -0.869. The molecule has 1 saturated heterocycles. The summed E-state index contributed by atoms with van der Waals surface area (Å²) < 4.78 is 5.15. The van der Waals surface area contributed by atoms with E-state index in [1.165, 1.54) is 4.90 Å². The van der Waals surface area contributed by atoms with E-state index >= 15 is 0 Å². The van der Waals surface area contributed by atoms with Gasteiger partial charge < -0.3 is 19.6 Å². The van der Waals surface area contributed by atoms with Crippen LogP contribution in [0.1, 0.15) is 12.8 Å². The first-order chi connectivity index (χ1) is 8.54. The molecule has 1 N–H and O–H groups in total. The van der Waals surface area contributed by atoms with Gasteiger partial charge in [-0.25, -0.2) is 4.79 Å². The Balaban J connectivity index is 2.38. The normalized spacial score (nSPS) is 19.1. The molecule has 1 unspecified atom stereocenters. The summed E-state index contributed by atoms with van der Waals surface area (Å²) >= 11 is 0. The maximum Gasteiger partial charge on any atom is 0.319 e. The van der Waals surface area contributed by atoms with Crippen molar-refractivity contribution < 1.29 is 19.4 Å². The number of hydrogen-bond donors (Lipinski definition) is 1. The van der Waals surface area contributed by atoms with E-state index in [9.17, 15) is 9.59 Å². The summed E-state index contributed by atoms with van der Waals surface area (Å²) in [6.07, 6.45) is -0.111. The van der Waals surface area contributed by atoms with Crippen molar-refractivity contribution in [2.24, 2.45) is 0 Å². The molecule has 1 aliphatic rings. The Labute approximate surface area is 106 Å². The van der Waals surface area contributed by atoms with Gasteiger partial charge in [-0.3, -0.25) is 4.79 Å².